The summed E-state index contributed by atoms with van der Waals surface area (Å²) in [6, 6.07) is 0.505. The summed E-state index contributed by atoms with van der Waals surface area (Å²) in [6.07, 6.45) is 3.11. The van der Waals surface area contributed by atoms with E-state index in [1.807, 2.05) is 0 Å². The number of nitrogens with zero attached hydrogens (tertiary/aromatic N) is 2. The molecule has 0 heterocycles. The summed E-state index contributed by atoms with van der Waals surface area (Å²) in [5.74, 6) is -7.71. The van der Waals surface area contributed by atoms with Crippen LogP contribution in [0.1, 0.15) is 48.5 Å². The molecule has 45 heavy (non-hydrogen) atoms. The second-order valence-corrected chi connectivity index (χ2v) is 11.9. The SMILES string of the molecule is CCCCCNCC(=O)Nc1cc(N(C)C)c2c(c1O)C(=O)C1=C(O)[C@]3(O)C(=O)C(C(N)=O)=C(O)[C@@H](N(C)C)C3CC1C2.Cl.Cl. The highest BCUT2D eigenvalue weighted by Crippen LogP contribution is 2.53. The molecular formula is C30H43Cl2N5O8. The first-order valence-electron chi connectivity index (χ1n) is 14.4. The standard InChI is InChI=1S/C30H41N5O8.2ClH/c1-6-7-8-9-32-13-19(36)33-17-12-18(34(2)3)15-10-14-11-16-23(35(4)5)26(39)22(29(31)42)28(41)30(16,43)27(40)20(14)25(38)21(15)24(17)37;;/h12,14,16,23,32,37,39-40,43H,6-11,13H2,1-5H3,(H2,31,42)(H,33,36);2*1H/t14?,16?,23-,30-;;/m0../s1. The van der Waals surface area contributed by atoms with Crippen molar-refractivity contribution in [2.24, 2.45) is 17.6 Å². The lowest BCUT2D eigenvalue weighted by Crippen LogP contribution is -2.63. The number of nitrogens with one attached hydrogen (secondary N) is 2. The van der Waals surface area contributed by atoms with Crippen LogP contribution in [0.25, 0.3) is 0 Å². The molecule has 4 atom stereocenters. The van der Waals surface area contributed by atoms with E-state index in [1.54, 1.807) is 39.2 Å². The van der Waals surface area contributed by atoms with Crippen molar-refractivity contribution in [3.63, 3.8) is 0 Å². The minimum absolute atomic E-state index is 0. The molecule has 0 aromatic heterocycles. The normalized spacial score (nSPS) is 23.8. The number of halogens is 2. The first-order valence-corrected chi connectivity index (χ1v) is 14.4. The minimum Gasteiger partial charge on any atom is -0.510 e. The van der Waals surface area contributed by atoms with E-state index in [4.69, 9.17) is 5.73 Å². The Hall–Kier alpha value is -3.36. The number of allylic oxidation sites excluding steroid dienone is 1. The third-order valence-electron chi connectivity index (χ3n) is 8.70. The fourth-order valence-electron chi connectivity index (χ4n) is 6.69. The average Bonchev–Trinajstić information content (AvgIpc) is 2.91. The van der Waals surface area contributed by atoms with E-state index in [2.05, 4.69) is 17.6 Å². The number of phenols is 1. The van der Waals surface area contributed by atoms with Gasteiger partial charge in [-0.3, -0.25) is 24.1 Å². The Balaban J connectivity index is 0.00000353. The maximum atomic E-state index is 14.1. The van der Waals surface area contributed by atoms with Gasteiger partial charge in [0, 0.05) is 31.3 Å². The molecule has 0 radical (unpaired) electrons. The Morgan fingerprint density at radius 1 is 1.09 bits per heavy atom. The van der Waals surface area contributed by atoms with E-state index in [1.165, 1.54) is 4.90 Å². The molecule has 1 aromatic rings. The fraction of sp³-hybridized carbons (Fsp3) is 0.533. The molecule has 3 aliphatic rings. The zero-order chi connectivity index (χ0) is 32.0. The zero-order valence-electron chi connectivity index (χ0n) is 26.0. The molecule has 0 aliphatic heterocycles. The van der Waals surface area contributed by atoms with E-state index in [0.29, 0.717) is 17.8 Å². The van der Waals surface area contributed by atoms with Crippen LogP contribution < -0.4 is 21.3 Å². The molecule has 1 aromatic carbocycles. The van der Waals surface area contributed by atoms with Crippen LogP contribution in [-0.2, 0) is 20.8 Å². The van der Waals surface area contributed by atoms with Crippen molar-refractivity contribution >= 4 is 59.6 Å². The predicted octanol–water partition coefficient (Wildman–Crippen LogP) is 1.75. The summed E-state index contributed by atoms with van der Waals surface area (Å²) in [5.41, 5.74) is 2.38. The maximum absolute atomic E-state index is 14.1. The van der Waals surface area contributed by atoms with E-state index in [0.717, 1.165) is 19.3 Å². The van der Waals surface area contributed by atoms with Gasteiger partial charge >= 0.3 is 0 Å². The number of aliphatic hydroxyl groups excluding tert-OH is 2. The number of anilines is 2. The number of unbranched alkanes of at least 4 members (excludes halogenated alkanes) is 2. The highest BCUT2D eigenvalue weighted by molar-refractivity contribution is 6.25. The molecule has 8 N–H and O–H groups in total. The molecular weight excluding hydrogens is 629 g/mol. The van der Waals surface area contributed by atoms with Crippen molar-refractivity contribution in [1.29, 1.82) is 0 Å². The molecule has 3 aliphatic carbocycles. The number of hydrogen-bond acceptors (Lipinski definition) is 11. The van der Waals surface area contributed by atoms with Crippen molar-refractivity contribution in [3.05, 3.63) is 39.9 Å². The number of primary amides is 1. The van der Waals surface area contributed by atoms with Gasteiger partial charge < -0.3 is 41.7 Å². The zero-order valence-corrected chi connectivity index (χ0v) is 27.6. The summed E-state index contributed by atoms with van der Waals surface area (Å²) in [4.78, 5) is 55.6. The number of carbonyl (C=O) groups excluding carboxylic acids is 4. The number of aliphatic hydroxyl groups is 3. The van der Waals surface area contributed by atoms with Gasteiger partial charge in [0.1, 0.15) is 17.1 Å². The monoisotopic (exact) mass is 671 g/mol. The number of amides is 2. The Labute approximate surface area is 274 Å². The molecule has 4 rings (SSSR count). The van der Waals surface area contributed by atoms with Gasteiger partial charge in [-0.2, -0.15) is 0 Å². The predicted molar refractivity (Wildman–Crippen MR) is 174 cm³/mol. The molecule has 13 nitrogen and oxygen atoms in total. The van der Waals surface area contributed by atoms with Crippen molar-refractivity contribution in [3.8, 4) is 5.75 Å². The number of aromatic hydroxyl groups is 1. The number of Topliss-reactive ketones (excluding diaryl/α,β-unsaturated/α-hetero) is 2. The Morgan fingerprint density at radius 3 is 2.29 bits per heavy atom. The van der Waals surface area contributed by atoms with Gasteiger partial charge in [-0.25, -0.2) is 0 Å². The van der Waals surface area contributed by atoms with Crippen LogP contribution in [-0.4, -0.2) is 102 Å². The van der Waals surface area contributed by atoms with Crippen LogP contribution in [0, 0.1) is 11.8 Å². The van der Waals surface area contributed by atoms with Crippen molar-refractivity contribution < 1.29 is 39.6 Å². The number of carbonyl (C=O) groups is 4. The van der Waals surface area contributed by atoms with Gasteiger partial charge in [0.05, 0.1) is 23.8 Å². The van der Waals surface area contributed by atoms with Crippen LogP contribution in [0.5, 0.6) is 5.75 Å². The summed E-state index contributed by atoms with van der Waals surface area (Å²) in [5, 5.41) is 51.1. The molecule has 0 saturated carbocycles. The summed E-state index contributed by atoms with van der Waals surface area (Å²) < 4.78 is 0. The van der Waals surface area contributed by atoms with Gasteiger partial charge in [-0.15, -0.1) is 24.8 Å². The third kappa shape index (κ3) is 6.36. The number of phenolic OH excluding ortho intramolecular Hbond substituents is 1. The van der Waals surface area contributed by atoms with E-state index >= 15 is 0 Å². The number of ketones is 2. The lowest BCUT2D eigenvalue weighted by Gasteiger charge is -2.50. The van der Waals surface area contributed by atoms with E-state index < -0.39 is 69.7 Å². The van der Waals surface area contributed by atoms with Gasteiger partial charge in [-0.1, -0.05) is 19.8 Å². The van der Waals surface area contributed by atoms with Gasteiger partial charge in [0.15, 0.2) is 17.1 Å². The summed E-state index contributed by atoms with van der Waals surface area (Å²) in [7, 11) is 6.64. The van der Waals surface area contributed by atoms with Crippen molar-refractivity contribution in [2.45, 2.75) is 50.7 Å². The quantitative estimate of drug-likeness (QED) is 0.108. The van der Waals surface area contributed by atoms with Gasteiger partial charge in [0.25, 0.3) is 5.91 Å². The topological polar surface area (TPSA) is 206 Å². The molecule has 0 fully saturated rings. The first kappa shape index (κ1) is 37.8. The Morgan fingerprint density at radius 2 is 1.73 bits per heavy atom. The summed E-state index contributed by atoms with van der Waals surface area (Å²) in [6.45, 7) is 2.72. The van der Waals surface area contributed by atoms with Crippen molar-refractivity contribution in [2.75, 3.05) is 51.5 Å². The Kier molecular flexibility index (Phi) is 12.1. The number of benzene rings is 1. The molecule has 0 spiro atoms. The fourth-order valence-corrected chi connectivity index (χ4v) is 6.69. The number of likely N-dealkylation sites (N-methyl/N-ethyl adjacent to an activating group) is 1. The molecule has 0 bridgehead atoms. The molecule has 15 heteroatoms. The highest BCUT2D eigenvalue weighted by Gasteiger charge is 2.63. The molecule has 2 amide bonds. The van der Waals surface area contributed by atoms with E-state index in [9.17, 15) is 39.6 Å². The molecule has 0 saturated heterocycles. The Bertz CT molecular complexity index is 1440. The lowest BCUT2D eigenvalue weighted by atomic mass is 9.58. The number of nitrogens with two attached hydrogens (primary N) is 1. The number of hydrogen-bond donors (Lipinski definition) is 7. The minimum atomic E-state index is -2.72. The average molecular weight is 673 g/mol. The van der Waals surface area contributed by atoms with Crippen LogP contribution in [0.2, 0.25) is 0 Å². The first-order chi connectivity index (χ1) is 20.2. The van der Waals surface area contributed by atoms with E-state index in [-0.39, 0.29) is 61.0 Å². The third-order valence-corrected chi connectivity index (χ3v) is 8.70. The van der Waals surface area contributed by atoms with Gasteiger partial charge in [-0.05, 0) is 57.5 Å². The van der Waals surface area contributed by atoms with Crippen LogP contribution in [0.3, 0.4) is 0 Å². The lowest BCUT2D eigenvalue weighted by molar-refractivity contribution is -0.148. The number of rotatable bonds is 10. The summed E-state index contributed by atoms with van der Waals surface area (Å²) >= 11 is 0. The van der Waals surface area contributed by atoms with Crippen LogP contribution in [0.4, 0.5) is 11.4 Å². The highest BCUT2D eigenvalue weighted by atomic mass is 35.5. The second-order valence-electron chi connectivity index (χ2n) is 11.9. The maximum Gasteiger partial charge on any atom is 0.255 e. The molecule has 250 valence electrons. The second kappa shape index (κ2) is 14.4. The van der Waals surface area contributed by atoms with Gasteiger partial charge in [0.2, 0.25) is 11.7 Å². The van der Waals surface area contributed by atoms with Crippen LogP contribution in [0.15, 0.2) is 28.7 Å². The molecule has 2 unspecified atom stereocenters. The van der Waals surface area contributed by atoms with Crippen LogP contribution >= 0.6 is 24.8 Å². The van der Waals surface area contributed by atoms with Crippen molar-refractivity contribution in [1.82, 2.24) is 10.2 Å². The smallest absolute Gasteiger partial charge is 0.255 e. The number of fused-ring (bicyclic) bond motifs is 3. The largest absolute Gasteiger partial charge is 0.510 e.